The molecule has 0 aromatic carbocycles. The Labute approximate surface area is 189 Å². The third-order valence-corrected chi connectivity index (χ3v) is 5.25. The quantitative estimate of drug-likeness (QED) is 0.675. The molecule has 0 aliphatic carbocycles. The number of pyridine rings is 2. The normalized spacial score (nSPS) is 18.2. The number of anilines is 3. The van der Waals surface area contributed by atoms with Crippen LogP contribution in [0.2, 0.25) is 5.15 Å². The highest BCUT2D eigenvalue weighted by atomic mass is 35.5. The molecule has 5 heterocycles. The van der Waals surface area contributed by atoms with Gasteiger partial charge in [-0.25, -0.2) is 14.8 Å². The number of rotatable bonds is 2. The van der Waals surface area contributed by atoms with Crippen LogP contribution in [0.4, 0.5) is 22.1 Å². The molecule has 0 spiro atoms. The van der Waals surface area contributed by atoms with Crippen molar-refractivity contribution in [2.45, 2.75) is 12.5 Å². The molecule has 3 aliphatic rings. The number of hydrogen-bond donors (Lipinski definition) is 2. The van der Waals surface area contributed by atoms with Crippen LogP contribution in [0.15, 0.2) is 58.3 Å². The van der Waals surface area contributed by atoms with Crippen LogP contribution in [0.3, 0.4) is 0 Å². The van der Waals surface area contributed by atoms with Crippen LogP contribution in [0.5, 0.6) is 0 Å². The van der Waals surface area contributed by atoms with E-state index in [0.717, 1.165) is 25.2 Å². The molecule has 164 valence electrons. The van der Waals surface area contributed by atoms with E-state index in [1.807, 2.05) is 18.2 Å². The number of nitrogens with one attached hydrogen (secondary N) is 1. The summed E-state index contributed by atoms with van der Waals surface area (Å²) in [6.45, 7) is 2.26. The summed E-state index contributed by atoms with van der Waals surface area (Å²) in [7, 11) is 0. The predicted molar refractivity (Wildman–Crippen MR) is 125 cm³/mol. The second kappa shape index (κ2) is 9.56. The molecule has 1 fully saturated rings. The van der Waals surface area contributed by atoms with Gasteiger partial charge in [-0.3, -0.25) is 25.0 Å². The molecule has 10 nitrogen and oxygen atoms in total. The maximum Gasteiger partial charge on any atom is 0.329 e. The molecule has 11 heteroatoms. The summed E-state index contributed by atoms with van der Waals surface area (Å²) in [5.74, 6) is 0.621. The molecule has 0 saturated carbocycles. The van der Waals surface area contributed by atoms with Gasteiger partial charge in [-0.1, -0.05) is 17.7 Å². The smallest absolute Gasteiger partial charge is 0.329 e. The second-order valence-electron chi connectivity index (χ2n) is 7.12. The van der Waals surface area contributed by atoms with E-state index in [0.29, 0.717) is 23.3 Å². The van der Waals surface area contributed by atoms with E-state index in [1.165, 1.54) is 12.3 Å². The minimum Gasteiger partial charge on any atom is -0.366 e. The molecular formula is C21H21ClN8O2. The van der Waals surface area contributed by atoms with E-state index in [1.54, 1.807) is 29.4 Å². The van der Waals surface area contributed by atoms with E-state index in [-0.39, 0.29) is 17.8 Å². The van der Waals surface area contributed by atoms with Gasteiger partial charge in [0, 0.05) is 31.7 Å². The molecule has 32 heavy (non-hydrogen) atoms. The van der Waals surface area contributed by atoms with Crippen molar-refractivity contribution < 1.29 is 9.59 Å². The average Bonchev–Trinajstić information content (AvgIpc) is 3.01. The first-order valence-electron chi connectivity index (χ1n) is 9.98. The van der Waals surface area contributed by atoms with E-state index >= 15 is 0 Å². The summed E-state index contributed by atoms with van der Waals surface area (Å²) in [6, 6.07) is 8.97. The van der Waals surface area contributed by atoms with Gasteiger partial charge in [0.2, 0.25) is 0 Å². The molecule has 5 rings (SSSR count). The highest BCUT2D eigenvalue weighted by Crippen LogP contribution is 2.39. The lowest BCUT2D eigenvalue weighted by Crippen LogP contribution is -2.48. The minimum atomic E-state index is -0.524. The first-order valence-corrected chi connectivity index (χ1v) is 10.4. The number of nitrogens with two attached hydrogens (primary N) is 1. The van der Waals surface area contributed by atoms with E-state index < -0.39 is 5.91 Å². The summed E-state index contributed by atoms with van der Waals surface area (Å²) in [6.07, 6.45) is 7.12. The number of aromatic nitrogens is 2. The van der Waals surface area contributed by atoms with E-state index in [9.17, 15) is 9.59 Å². The molecular weight excluding hydrogens is 432 g/mol. The molecule has 3 N–H and O–H groups in total. The van der Waals surface area contributed by atoms with E-state index in [4.69, 9.17) is 17.3 Å². The predicted octanol–water partition coefficient (Wildman–Crippen LogP) is 2.27. The number of fused-ring (bicyclic) bond motifs is 4. The standard InChI is InChI=1S/C15H14ClN5O.C6H7N3O/c16-12-5-4-11-14(18-12)21(10-6-8-20(11)9-10)15(22)19-13-3-1-2-7-17-13;7-6(10)5-1-2-8-3-4-9-5/h1-5,7,10H,6,8-9H2,(H,17,19,22);1-2,4H,3H2,(H2,7,10)/t10-;/m0./s1. The van der Waals surface area contributed by atoms with Crippen LogP contribution in [-0.4, -0.2) is 60.0 Å². The van der Waals surface area contributed by atoms with Crippen molar-refractivity contribution in [3.8, 4) is 0 Å². The molecule has 3 amide bonds. The highest BCUT2D eigenvalue weighted by Gasteiger charge is 2.40. The van der Waals surface area contributed by atoms with Crippen molar-refractivity contribution in [2.24, 2.45) is 15.7 Å². The maximum absolute atomic E-state index is 12.7. The molecule has 2 aromatic rings. The van der Waals surface area contributed by atoms with Crippen molar-refractivity contribution >= 4 is 53.3 Å². The van der Waals surface area contributed by atoms with Crippen molar-refractivity contribution in [1.29, 1.82) is 0 Å². The summed E-state index contributed by atoms with van der Waals surface area (Å²) >= 11 is 6.02. The Bertz CT molecular complexity index is 1100. The van der Waals surface area contributed by atoms with Crippen molar-refractivity contribution in [1.82, 2.24) is 9.97 Å². The van der Waals surface area contributed by atoms with Crippen LogP contribution in [0.25, 0.3) is 0 Å². The van der Waals surface area contributed by atoms with Gasteiger partial charge in [-0.2, -0.15) is 0 Å². The fourth-order valence-corrected chi connectivity index (χ4v) is 3.76. The minimum absolute atomic E-state index is 0.113. The zero-order valence-electron chi connectivity index (χ0n) is 17.1. The zero-order chi connectivity index (χ0) is 22.5. The Morgan fingerprint density at radius 3 is 2.88 bits per heavy atom. The number of halogens is 1. The van der Waals surface area contributed by atoms with Crippen molar-refractivity contribution in [3.63, 3.8) is 0 Å². The number of aliphatic imine (C=N–C) groups is 2. The van der Waals surface area contributed by atoms with Crippen LogP contribution in [-0.2, 0) is 4.79 Å². The van der Waals surface area contributed by atoms with Gasteiger partial charge in [-0.05, 0) is 36.8 Å². The number of amides is 3. The fraction of sp³-hybridized carbons (Fsp3) is 0.238. The molecule has 1 saturated heterocycles. The summed E-state index contributed by atoms with van der Waals surface area (Å²) < 4.78 is 0. The largest absolute Gasteiger partial charge is 0.366 e. The number of allylic oxidation sites excluding steroid dienone is 1. The van der Waals surface area contributed by atoms with Crippen LogP contribution >= 0.6 is 11.6 Å². The van der Waals surface area contributed by atoms with Gasteiger partial charge in [0.1, 0.15) is 16.7 Å². The Balaban J connectivity index is 0.000000207. The van der Waals surface area contributed by atoms with Gasteiger partial charge in [-0.15, -0.1) is 0 Å². The first kappa shape index (κ1) is 21.4. The van der Waals surface area contributed by atoms with Gasteiger partial charge in [0.25, 0.3) is 5.91 Å². The third-order valence-electron chi connectivity index (χ3n) is 5.04. The van der Waals surface area contributed by atoms with Crippen molar-refractivity contribution in [3.05, 3.63) is 53.5 Å². The first-order chi connectivity index (χ1) is 15.5. The number of hydrogen-bond acceptors (Lipinski definition) is 7. The Hall–Kier alpha value is -3.79. The number of carbonyl (C=O) groups is 2. The SMILES string of the molecule is NC(=O)C1=CC=NCC=N1.O=C(Nc1ccccn1)N1c2nc(Cl)ccc2N2CC[C@H]1C2. The summed E-state index contributed by atoms with van der Waals surface area (Å²) in [5.41, 5.74) is 6.16. The molecule has 1 atom stereocenters. The number of carbonyl (C=O) groups excluding carboxylic acids is 2. The molecule has 0 unspecified atom stereocenters. The van der Waals surface area contributed by atoms with Gasteiger partial charge >= 0.3 is 6.03 Å². The lowest BCUT2D eigenvalue weighted by Gasteiger charge is -2.35. The number of nitrogens with zero attached hydrogens (tertiary/aromatic N) is 6. The van der Waals surface area contributed by atoms with E-state index in [2.05, 4.69) is 30.2 Å². The number of primary amides is 1. The summed E-state index contributed by atoms with van der Waals surface area (Å²) in [5, 5.41) is 3.22. The summed E-state index contributed by atoms with van der Waals surface area (Å²) in [4.78, 5) is 43.2. The fourth-order valence-electron chi connectivity index (χ4n) is 3.61. The molecule has 2 aromatic heterocycles. The zero-order valence-corrected chi connectivity index (χ0v) is 17.8. The Kier molecular flexibility index (Phi) is 6.41. The molecule has 3 aliphatic heterocycles. The van der Waals surface area contributed by atoms with Crippen molar-refractivity contribution in [2.75, 3.05) is 34.8 Å². The third kappa shape index (κ3) is 4.75. The van der Waals surface area contributed by atoms with Crippen LogP contribution < -0.4 is 20.9 Å². The lowest BCUT2D eigenvalue weighted by atomic mass is 10.2. The topological polar surface area (TPSA) is 129 Å². The monoisotopic (exact) mass is 452 g/mol. The Morgan fingerprint density at radius 1 is 1.22 bits per heavy atom. The van der Waals surface area contributed by atoms with Gasteiger partial charge < -0.3 is 10.6 Å². The second-order valence-corrected chi connectivity index (χ2v) is 7.51. The van der Waals surface area contributed by atoms with Gasteiger partial charge in [0.15, 0.2) is 5.82 Å². The molecule has 0 radical (unpaired) electrons. The maximum atomic E-state index is 12.7. The van der Waals surface area contributed by atoms with Gasteiger partial charge in [0.05, 0.1) is 18.3 Å². The van der Waals surface area contributed by atoms with Crippen LogP contribution in [0, 0.1) is 0 Å². The number of urea groups is 1. The van der Waals surface area contributed by atoms with Crippen LogP contribution in [0.1, 0.15) is 6.42 Å². The highest BCUT2D eigenvalue weighted by molar-refractivity contribution is 6.29. The Morgan fingerprint density at radius 2 is 2.09 bits per heavy atom. The lowest BCUT2D eigenvalue weighted by molar-refractivity contribution is -0.114. The average molecular weight is 453 g/mol. The molecule has 2 bridgehead atoms.